The summed E-state index contributed by atoms with van der Waals surface area (Å²) in [5, 5.41) is 2.40. The van der Waals surface area contributed by atoms with Gasteiger partial charge in [0.15, 0.2) is 0 Å². The molecule has 0 aliphatic carbocycles. The van der Waals surface area contributed by atoms with Gasteiger partial charge in [0.2, 0.25) is 5.28 Å². The molecular formula is C10H9ClN2S. The number of halogens is 1. The van der Waals surface area contributed by atoms with Crippen LogP contribution in [0.1, 0.15) is 11.1 Å². The second kappa shape index (κ2) is 3.67. The van der Waals surface area contributed by atoms with Crippen molar-refractivity contribution >= 4 is 22.9 Å². The fourth-order valence-corrected chi connectivity index (χ4v) is 2.31. The third-order valence-electron chi connectivity index (χ3n) is 1.91. The third kappa shape index (κ3) is 1.79. The Balaban J connectivity index is 2.55. The van der Waals surface area contributed by atoms with Gasteiger partial charge in [0.25, 0.3) is 0 Å². The lowest BCUT2D eigenvalue weighted by molar-refractivity contribution is 1.14. The molecule has 0 saturated heterocycles. The first-order chi connectivity index (χ1) is 6.66. The molecule has 0 bridgehead atoms. The van der Waals surface area contributed by atoms with Gasteiger partial charge in [-0.15, -0.1) is 11.3 Å². The summed E-state index contributed by atoms with van der Waals surface area (Å²) in [6, 6.07) is 2.11. The van der Waals surface area contributed by atoms with E-state index in [4.69, 9.17) is 11.6 Å². The van der Waals surface area contributed by atoms with E-state index in [0.717, 1.165) is 16.1 Å². The summed E-state index contributed by atoms with van der Waals surface area (Å²) in [5.41, 5.74) is 3.23. The van der Waals surface area contributed by atoms with Gasteiger partial charge >= 0.3 is 0 Å². The van der Waals surface area contributed by atoms with Gasteiger partial charge in [-0.05, 0) is 48.0 Å². The number of rotatable bonds is 1. The van der Waals surface area contributed by atoms with Crippen molar-refractivity contribution in [3.63, 3.8) is 0 Å². The molecule has 0 atom stereocenters. The van der Waals surface area contributed by atoms with Crippen molar-refractivity contribution in [3.05, 3.63) is 34.1 Å². The van der Waals surface area contributed by atoms with Gasteiger partial charge in [-0.2, -0.15) is 0 Å². The lowest BCUT2D eigenvalue weighted by Crippen LogP contribution is -1.89. The molecule has 0 unspecified atom stereocenters. The minimum absolute atomic E-state index is 0.302. The summed E-state index contributed by atoms with van der Waals surface area (Å²) < 4.78 is 0. The Kier molecular flexibility index (Phi) is 2.52. The number of nitrogens with zero attached hydrogens (tertiary/aromatic N) is 2. The molecular weight excluding hydrogens is 216 g/mol. The van der Waals surface area contributed by atoms with E-state index in [9.17, 15) is 0 Å². The Bertz CT molecular complexity index is 465. The van der Waals surface area contributed by atoms with Gasteiger partial charge in [-0.3, -0.25) is 0 Å². The molecule has 72 valence electrons. The van der Waals surface area contributed by atoms with Crippen molar-refractivity contribution in [1.82, 2.24) is 9.97 Å². The molecule has 0 aliphatic heterocycles. The molecule has 0 radical (unpaired) electrons. The van der Waals surface area contributed by atoms with Crippen molar-refractivity contribution < 1.29 is 0 Å². The molecule has 2 aromatic rings. The third-order valence-corrected chi connectivity index (χ3v) is 3.14. The summed E-state index contributed by atoms with van der Waals surface area (Å²) in [7, 11) is 0. The lowest BCUT2D eigenvalue weighted by atomic mass is 10.2. The molecule has 0 aliphatic rings. The fourth-order valence-electron chi connectivity index (χ4n) is 1.23. The van der Waals surface area contributed by atoms with E-state index in [-0.39, 0.29) is 0 Å². The van der Waals surface area contributed by atoms with Crippen LogP contribution in [-0.2, 0) is 0 Å². The van der Waals surface area contributed by atoms with Gasteiger partial charge < -0.3 is 0 Å². The van der Waals surface area contributed by atoms with Crippen LogP contribution in [0.25, 0.3) is 10.6 Å². The predicted octanol–water partition coefficient (Wildman–Crippen LogP) is 3.48. The van der Waals surface area contributed by atoms with Crippen LogP contribution in [0.5, 0.6) is 0 Å². The Morgan fingerprint density at radius 1 is 1.36 bits per heavy atom. The van der Waals surface area contributed by atoms with Gasteiger partial charge in [0.1, 0.15) is 0 Å². The number of aromatic nitrogens is 2. The predicted molar refractivity (Wildman–Crippen MR) is 59.8 cm³/mol. The highest BCUT2D eigenvalue weighted by molar-refractivity contribution is 7.13. The van der Waals surface area contributed by atoms with E-state index in [2.05, 4.69) is 28.3 Å². The van der Waals surface area contributed by atoms with Crippen LogP contribution in [-0.4, -0.2) is 9.97 Å². The first-order valence-electron chi connectivity index (χ1n) is 4.21. The molecule has 2 heterocycles. The molecule has 14 heavy (non-hydrogen) atoms. The maximum Gasteiger partial charge on any atom is 0.222 e. The van der Waals surface area contributed by atoms with E-state index < -0.39 is 0 Å². The molecule has 2 nitrogen and oxygen atoms in total. The summed E-state index contributed by atoms with van der Waals surface area (Å²) >= 11 is 7.43. The van der Waals surface area contributed by atoms with Crippen LogP contribution in [0.3, 0.4) is 0 Å². The Hall–Kier alpha value is -0.930. The number of hydrogen-bond donors (Lipinski definition) is 0. The highest BCUT2D eigenvalue weighted by atomic mass is 35.5. The summed E-state index contributed by atoms with van der Waals surface area (Å²) in [6.45, 7) is 4.05. The SMILES string of the molecule is Cc1csc(-c2nc(Cl)ncc2C)c1. The number of thiophene rings is 1. The van der Waals surface area contributed by atoms with Crippen molar-refractivity contribution in [3.8, 4) is 10.6 Å². The van der Waals surface area contributed by atoms with E-state index in [0.29, 0.717) is 5.28 Å². The monoisotopic (exact) mass is 224 g/mol. The Morgan fingerprint density at radius 2 is 2.14 bits per heavy atom. The van der Waals surface area contributed by atoms with Crippen LogP contribution in [0.2, 0.25) is 5.28 Å². The zero-order valence-electron chi connectivity index (χ0n) is 7.91. The summed E-state index contributed by atoms with van der Waals surface area (Å²) in [4.78, 5) is 9.29. The van der Waals surface area contributed by atoms with Gasteiger partial charge in [-0.25, -0.2) is 9.97 Å². The van der Waals surface area contributed by atoms with Gasteiger partial charge in [0.05, 0.1) is 10.6 Å². The molecule has 2 aromatic heterocycles. The number of hydrogen-bond acceptors (Lipinski definition) is 3. The second-order valence-electron chi connectivity index (χ2n) is 3.16. The second-order valence-corrected chi connectivity index (χ2v) is 4.41. The van der Waals surface area contributed by atoms with Crippen LogP contribution in [0.15, 0.2) is 17.6 Å². The standard InChI is InChI=1S/C10H9ClN2S/c1-6-3-8(14-5-6)9-7(2)4-12-10(11)13-9/h3-5H,1-2H3. The average molecular weight is 225 g/mol. The minimum atomic E-state index is 0.302. The largest absolute Gasteiger partial charge is 0.226 e. The smallest absolute Gasteiger partial charge is 0.222 e. The molecule has 4 heteroatoms. The van der Waals surface area contributed by atoms with E-state index in [1.54, 1.807) is 17.5 Å². The fraction of sp³-hybridized carbons (Fsp3) is 0.200. The van der Waals surface area contributed by atoms with Crippen LogP contribution < -0.4 is 0 Å². The van der Waals surface area contributed by atoms with Crippen LogP contribution in [0, 0.1) is 13.8 Å². The molecule has 0 saturated carbocycles. The average Bonchev–Trinajstić information content (AvgIpc) is 2.56. The van der Waals surface area contributed by atoms with Crippen LogP contribution in [0.4, 0.5) is 0 Å². The van der Waals surface area contributed by atoms with Crippen molar-refractivity contribution in [2.75, 3.05) is 0 Å². The topological polar surface area (TPSA) is 25.8 Å². The lowest BCUT2D eigenvalue weighted by Gasteiger charge is -2.00. The van der Waals surface area contributed by atoms with Gasteiger partial charge in [0, 0.05) is 6.20 Å². The molecule has 2 rings (SSSR count). The maximum atomic E-state index is 5.76. The molecule has 0 fully saturated rings. The number of aryl methyl sites for hydroxylation is 2. The Labute approximate surface area is 91.6 Å². The quantitative estimate of drug-likeness (QED) is 0.694. The zero-order valence-corrected chi connectivity index (χ0v) is 9.49. The molecule has 0 amide bonds. The maximum absolute atomic E-state index is 5.76. The Morgan fingerprint density at radius 3 is 2.79 bits per heavy atom. The summed E-state index contributed by atoms with van der Waals surface area (Å²) in [6.07, 6.45) is 1.75. The van der Waals surface area contributed by atoms with Crippen LogP contribution >= 0.6 is 22.9 Å². The first kappa shape index (κ1) is 9.62. The molecule has 0 N–H and O–H groups in total. The first-order valence-corrected chi connectivity index (χ1v) is 5.47. The minimum Gasteiger partial charge on any atom is -0.226 e. The van der Waals surface area contributed by atoms with E-state index in [1.165, 1.54) is 5.56 Å². The molecule has 0 aromatic carbocycles. The van der Waals surface area contributed by atoms with Crippen molar-refractivity contribution in [1.29, 1.82) is 0 Å². The highest BCUT2D eigenvalue weighted by Gasteiger charge is 2.07. The van der Waals surface area contributed by atoms with Crippen molar-refractivity contribution in [2.45, 2.75) is 13.8 Å². The normalized spacial score (nSPS) is 10.5. The van der Waals surface area contributed by atoms with E-state index in [1.807, 2.05) is 6.92 Å². The van der Waals surface area contributed by atoms with Gasteiger partial charge in [-0.1, -0.05) is 0 Å². The van der Waals surface area contributed by atoms with E-state index >= 15 is 0 Å². The highest BCUT2D eigenvalue weighted by Crippen LogP contribution is 2.28. The molecule has 0 spiro atoms. The van der Waals surface area contributed by atoms with Crippen molar-refractivity contribution in [2.24, 2.45) is 0 Å². The summed E-state index contributed by atoms with van der Waals surface area (Å²) in [5.74, 6) is 0. The zero-order chi connectivity index (χ0) is 10.1.